The average molecular weight is 419 g/mol. The molecule has 1 heterocycles. The number of ether oxygens (including phenoxy) is 2. The highest BCUT2D eigenvalue weighted by atomic mass is 32.1. The van der Waals surface area contributed by atoms with Gasteiger partial charge in [-0.25, -0.2) is 9.59 Å². The second-order valence-electron chi connectivity index (χ2n) is 6.70. The summed E-state index contributed by atoms with van der Waals surface area (Å²) in [4.78, 5) is 36.9. The van der Waals surface area contributed by atoms with Crippen molar-refractivity contribution >= 4 is 39.9 Å². The van der Waals surface area contributed by atoms with Crippen LogP contribution in [0.2, 0.25) is 0 Å². The van der Waals surface area contributed by atoms with Gasteiger partial charge in [0.2, 0.25) is 0 Å². The maximum Gasteiger partial charge on any atom is 0.341 e. The van der Waals surface area contributed by atoms with Gasteiger partial charge in [-0.05, 0) is 42.3 Å². The van der Waals surface area contributed by atoms with Gasteiger partial charge in [0.25, 0.3) is 5.91 Å². The van der Waals surface area contributed by atoms with Gasteiger partial charge in [-0.2, -0.15) is 0 Å². The first-order valence-corrected chi connectivity index (χ1v) is 10.3. The standard InChI is InChI=1S/C21H26N2O5S/c1-5-27-21(26)18-14(10-13(2)3)12-29-19(18)23-17(24)11-28-20(25)15-8-6-7-9-16(15)22-4/h6-9,12-13,22H,5,10-11H2,1-4H3,(H,23,24). The molecule has 1 amide bonds. The normalized spacial score (nSPS) is 10.5. The summed E-state index contributed by atoms with van der Waals surface area (Å²) in [5, 5.41) is 7.81. The minimum absolute atomic E-state index is 0.242. The van der Waals surface area contributed by atoms with Crippen LogP contribution in [0, 0.1) is 5.92 Å². The van der Waals surface area contributed by atoms with Crippen LogP contribution in [-0.2, 0) is 20.7 Å². The molecule has 0 radical (unpaired) electrons. The average Bonchev–Trinajstić information content (AvgIpc) is 3.07. The van der Waals surface area contributed by atoms with E-state index in [1.807, 2.05) is 19.2 Å². The molecule has 0 saturated heterocycles. The van der Waals surface area contributed by atoms with Crippen molar-refractivity contribution in [1.82, 2.24) is 0 Å². The van der Waals surface area contributed by atoms with Gasteiger partial charge in [-0.3, -0.25) is 4.79 Å². The summed E-state index contributed by atoms with van der Waals surface area (Å²) in [6, 6.07) is 6.86. The van der Waals surface area contributed by atoms with Gasteiger partial charge in [0.1, 0.15) is 5.00 Å². The number of amides is 1. The Balaban J connectivity index is 2.07. The fraction of sp³-hybridized carbons (Fsp3) is 0.381. The third kappa shape index (κ3) is 6.05. The van der Waals surface area contributed by atoms with Crippen molar-refractivity contribution < 1.29 is 23.9 Å². The summed E-state index contributed by atoms with van der Waals surface area (Å²) in [5.74, 6) is -1.26. The van der Waals surface area contributed by atoms with Crippen LogP contribution < -0.4 is 10.6 Å². The molecule has 0 unspecified atom stereocenters. The van der Waals surface area contributed by atoms with Crippen LogP contribution >= 0.6 is 11.3 Å². The number of para-hydroxylation sites is 1. The van der Waals surface area contributed by atoms with Crippen LogP contribution in [-0.4, -0.2) is 38.1 Å². The Morgan fingerprint density at radius 1 is 1.10 bits per heavy atom. The largest absolute Gasteiger partial charge is 0.462 e. The summed E-state index contributed by atoms with van der Waals surface area (Å²) >= 11 is 1.25. The van der Waals surface area contributed by atoms with Gasteiger partial charge in [0.05, 0.1) is 17.7 Å². The van der Waals surface area contributed by atoms with E-state index in [2.05, 4.69) is 10.6 Å². The summed E-state index contributed by atoms with van der Waals surface area (Å²) in [6.45, 7) is 5.61. The van der Waals surface area contributed by atoms with Crippen molar-refractivity contribution in [3.8, 4) is 0 Å². The molecule has 2 N–H and O–H groups in total. The monoisotopic (exact) mass is 418 g/mol. The molecule has 2 rings (SSSR count). The molecule has 0 fully saturated rings. The molecule has 29 heavy (non-hydrogen) atoms. The van der Waals surface area contributed by atoms with Crippen LogP contribution in [0.15, 0.2) is 29.6 Å². The van der Waals surface area contributed by atoms with Gasteiger partial charge >= 0.3 is 11.9 Å². The molecule has 0 bridgehead atoms. The van der Waals surface area contributed by atoms with Crippen LogP contribution in [0.1, 0.15) is 47.1 Å². The summed E-state index contributed by atoms with van der Waals surface area (Å²) in [5.41, 5.74) is 2.15. The van der Waals surface area contributed by atoms with Crippen molar-refractivity contribution in [3.63, 3.8) is 0 Å². The van der Waals surface area contributed by atoms with E-state index >= 15 is 0 Å². The topological polar surface area (TPSA) is 93.7 Å². The molecule has 1 aromatic heterocycles. The Morgan fingerprint density at radius 2 is 1.83 bits per heavy atom. The number of rotatable bonds is 9. The van der Waals surface area contributed by atoms with Crippen molar-refractivity contribution in [1.29, 1.82) is 0 Å². The lowest BCUT2D eigenvalue weighted by Crippen LogP contribution is -2.22. The summed E-state index contributed by atoms with van der Waals surface area (Å²) < 4.78 is 10.3. The fourth-order valence-corrected chi connectivity index (χ4v) is 3.73. The minimum Gasteiger partial charge on any atom is -0.462 e. The Morgan fingerprint density at radius 3 is 2.48 bits per heavy atom. The zero-order valence-electron chi connectivity index (χ0n) is 17.0. The fourth-order valence-electron chi connectivity index (χ4n) is 2.75. The van der Waals surface area contributed by atoms with E-state index in [1.165, 1.54) is 11.3 Å². The Kier molecular flexibility index (Phi) is 8.21. The molecule has 0 atom stereocenters. The van der Waals surface area contributed by atoms with E-state index in [-0.39, 0.29) is 6.61 Å². The van der Waals surface area contributed by atoms with E-state index in [4.69, 9.17) is 9.47 Å². The molecule has 0 aliphatic heterocycles. The molecule has 0 aliphatic rings. The van der Waals surface area contributed by atoms with Crippen LogP contribution in [0.4, 0.5) is 10.7 Å². The lowest BCUT2D eigenvalue weighted by atomic mass is 10.0. The molecule has 8 heteroatoms. The lowest BCUT2D eigenvalue weighted by Gasteiger charge is -2.11. The number of hydrogen-bond acceptors (Lipinski definition) is 7. The molecule has 0 aliphatic carbocycles. The molecular formula is C21H26N2O5S. The van der Waals surface area contributed by atoms with E-state index in [0.29, 0.717) is 34.2 Å². The quantitative estimate of drug-likeness (QED) is 0.599. The van der Waals surface area contributed by atoms with Crippen molar-refractivity contribution in [2.75, 3.05) is 30.9 Å². The summed E-state index contributed by atoms with van der Waals surface area (Å²) in [6.07, 6.45) is 0.691. The van der Waals surface area contributed by atoms with Gasteiger partial charge in [0, 0.05) is 12.7 Å². The molecular weight excluding hydrogens is 392 g/mol. The first-order valence-electron chi connectivity index (χ1n) is 9.38. The van der Waals surface area contributed by atoms with Gasteiger partial charge in [-0.15, -0.1) is 11.3 Å². The maximum atomic E-state index is 12.4. The van der Waals surface area contributed by atoms with Crippen molar-refractivity contribution in [2.24, 2.45) is 5.92 Å². The predicted octanol–water partition coefficient (Wildman–Crippen LogP) is 3.96. The number of nitrogens with one attached hydrogen (secondary N) is 2. The molecule has 1 aromatic carbocycles. The SMILES string of the molecule is CCOC(=O)c1c(CC(C)C)csc1NC(=O)COC(=O)c1ccccc1NC. The third-order valence-electron chi connectivity index (χ3n) is 3.98. The number of esters is 2. The predicted molar refractivity (Wildman–Crippen MR) is 114 cm³/mol. The molecule has 2 aromatic rings. The van der Waals surface area contributed by atoms with Crippen LogP contribution in [0.3, 0.4) is 0 Å². The van der Waals surface area contributed by atoms with Gasteiger partial charge in [0.15, 0.2) is 6.61 Å². The van der Waals surface area contributed by atoms with E-state index in [0.717, 1.165) is 5.56 Å². The van der Waals surface area contributed by atoms with Gasteiger partial charge in [-0.1, -0.05) is 26.0 Å². The highest BCUT2D eigenvalue weighted by Crippen LogP contribution is 2.31. The third-order valence-corrected chi connectivity index (χ3v) is 4.92. The number of carbonyl (C=O) groups is 3. The maximum absolute atomic E-state index is 12.4. The Bertz CT molecular complexity index is 876. The molecule has 0 spiro atoms. The van der Waals surface area contributed by atoms with Crippen LogP contribution in [0.5, 0.6) is 0 Å². The van der Waals surface area contributed by atoms with E-state index in [9.17, 15) is 14.4 Å². The minimum atomic E-state index is -0.609. The second-order valence-corrected chi connectivity index (χ2v) is 7.58. The Hall–Kier alpha value is -2.87. The molecule has 156 valence electrons. The first-order chi connectivity index (χ1) is 13.9. The number of benzene rings is 1. The second kappa shape index (κ2) is 10.6. The number of carbonyl (C=O) groups excluding carboxylic acids is 3. The zero-order chi connectivity index (χ0) is 21.4. The number of anilines is 2. The van der Waals surface area contributed by atoms with E-state index in [1.54, 1.807) is 38.2 Å². The molecule has 0 saturated carbocycles. The highest BCUT2D eigenvalue weighted by Gasteiger charge is 2.23. The van der Waals surface area contributed by atoms with Crippen molar-refractivity contribution in [3.05, 3.63) is 46.3 Å². The summed E-state index contributed by atoms with van der Waals surface area (Å²) in [7, 11) is 1.70. The highest BCUT2D eigenvalue weighted by molar-refractivity contribution is 7.15. The van der Waals surface area contributed by atoms with Crippen molar-refractivity contribution in [2.45, 2.75) is 27.2 Å². The molecule has 7 nitrogen and oxygen atoms in total. The van der Waals surface area contributed by atoms with E-state index < -0.39 is 24.5 Å². The Labute approximate surface area is 174 Å². The van der Waals surface area contributed by atoms with Crippen LogP contribution in [0.25, 0.3) is 0 Å². The number of hydrogen-bond donors (Lipinski definition) is 2. The number of thiophene rings is 1. The zero-order valence-corrected chi connectivity index (χ0v) is 17.9. The lowest BCUT2D eigenvalue weighted by molar-refractivity contribution is -0.119. The first kappa shape index (κ1) is 22.4. The van der Waals surface area contributed by atoms with Gasteiger partial charge < -0.3 is 20.1 Å². The smallest absolute Gasteiger partial charge is 0.341 e.